The van der Waals surface area contributed by atoms with Crippen LogP contribution in [0.4, 0.5) is 8.78 Å². The van der Waals surface area contributed by atoms with Crippen LogP contribution in [0, 0.1) is 17.0 Å². The summed E-state index contributed by atoms with van der Waals surface area (Å²) in [4.78, 5) is 22.6. The molecule has 2 amide bonds. The van der Waals surface area contributed by atoms with Crippen LogP contribution in [0.2, 0.25) is 0 Å². The molecule has 6 nitrogen and oxygen atoms in total. The molecule has 0 bridgehead atoms. The molecule has 5 N–H and O–H groups in total. The number of hydrogen-bond acceptors (Lipinski definition) is 4. The maximum atomic E-state index is 13.7. The number of aliphatic hydroxyl groups excluding tert-OH is 2. The molecule has 1 rings (SSSR count). The number of carbonyl (C=O) groups excluding carboxylic acids is 2. The predicted molar refractivity (Wildman–Crippen MR) is 69.0 cm³/mol. The number of carbonyl (C=O) groups is 2. The normalized spacial score (nSPS) is 11.3. The fourth-order valence-electron chi connectivity index (χ4n) is 1.50. The van der Waals surface area contributed by atoms with Gasteiger partial charge >= 0.3 is 0 Å². The van der Waals surface area contributed by atoms with E-state index in [1.807, 2.05) is 0 Å². The number of primary amides is 1. The van der Waals surface area contributed by atoms with Crippen LogP contribution >= 0.6 is 0 Å². The first-order valence-corrected chi connectivity index (χ1v) is 6.03. The van der Waals surface area contributed by atoms with Gasteiger partial charge in [-0.05, 0) is 13.0 Å². The van der Waals surface area contributed by atoms with Gasteiger partial charge in [-0.15, -0.1) is 0 Å². The molecular formula is C13H16F2N2O4. The summed E-state index contributed by atoms with van der Waals surface area (Å²) in [6.45, 7) is -0.259. The van der Waals surface area contributed by atoms with Crippen molar-refractivity contribution >= 4 is 11.8 Å². The minimum atomic E-state index is -1.43. The van der Waals surface area contributed by atoms with Crippen molar-refractivity contribution in [1.29, 1.82) is 0 Å². The second kappa shape index (κ2) is 6.59. The molecule has 116 valence electrons. The van der Waals surface area contributed by atoms with Gasteiger partial charge in [0.2, 0.25) is 5.91 Å². The van der Waals surface area contributed by atoms with Crippen molar-refractivity contribution in [2.75, 3.05) is 13.2 Å². The number of halogens is 2. The first-order valence-electron chi connectivity index (χ1n) is 6.03. The topological polar surface area (TPSA) is 113 Å². The van der Waals surface area contributed by atoms with E-state index in [4.69, 9.17) is 15.9 Å². The third-order valence-corrected chi connectivity index (χ3v) is 3.11. The number of aliphatic hydroxyl groups is 2. The van der Waals surface area contributed by atoms with Gasteiger partial charge < -0.3 is 21.3 Å². The van der Waals surface area contributed by atoms with Crippen LogP contribution in [-0.4, -0.2) is 35.2 Å². The van der Waals surface area contributed by atoms with E-state index in [2.05, 4.69) is 5.32 Å². The molecule has 0 spiro atoms. The van der Waals surface area contributed by atoms with E-state index in [9.17, 15) is 18.4 Å². The maximum absolute atomic E-state index is 13.7. The second-order valence-electron chi connectivity index (χ2n) is 4.82. The van der Waals surface area contributed by atoms with Crippen molar-refractivity contribution in [2.45, 2.75) is 13.5 Å². The van der Waals surface area contributed by atoms with Crippen molar-refractivity contribution in [2.24, 2.45) is 11.1 Å². The molecule has 8 heteroatoms. The molecule has 0 fully saturated rings. The largest absolute Gasteiger partial charge is 0.395 e. The fourth-order valence-corrected chi connectivity index (χ4v) is 1.50. The van der Waals surface area contributed by atoms with Crippen LogP contribution in [0.3, 0.4) is 0 Å². The molecule has 0 aliphatic rings. The SMILES string of the molecule is CC(CO)(CO)C(=O)NCc1ccc(C(N)=O)c(F)c1F. The summed E-state index contributed by atoms with van der Waals surface area (Å²) in [5.74, 6) is -4.50. The third kappa shape index (κ3) is 3.53. The molecular weight excluding hydrogens is 286 g/mol. The average Bonchev–Trinajstić information content (AvgIpc) is 2.47. The Hall–Kier alpha value is -2.06. The Morgan fingerprint density at radius 1 is 1.24 bits per heavy atom. The summed E-state index contributed by atoms with van der Waals surface area (Å²) >= 11 is 0. The lowest BCUT2D eigenvalue weighted by molar-refractivity contribution is -0.135. The highest BCUT2D eigenvalue weighted by Crippen LogP contribution is 2.18. The Balaban J connectivity index is 2.89. The lowest BCUT2D eigenvalue weighted by Crippen LogP contribution is -2.43. The fraction of sp³-hybridized carbons (Fsp3) is 0.385. The van der Waals surface area contributed by atoms with Crippen LogP contribution in [0.5, 0.6) is 0 Å². The van der Waals surface area contributed by atoms with Crippen molar-refractivity contribution in [3.63, 3.8) is 0 Å². The zero-order valence-electron chi connectivity index (χ0n) is 11.3. The van der Waals surface area contributed by atoms with E-state index < -0.39 is 47.6 Å². The lowest BCUT2D eigenvalue weighted by atomic mass is 9.92. The minimum absolute atomic E-state index is 0.191. The van der Waals surface area contributed by atoms with Crippen molar-refractivity contribution < 1.29 is 28.6 Å². The third-order valence-electron chi connectivity index (χ3n) is 3.11. The number of benzene rings is 1. The van der Waals surface area contributed by atoms with E-state index >= 15 is 0 Å². The number of amides is 2. The van der Waals surface area contributed by atoms with Crippen LogP contribution in [0.25, 0.3) is 0 Å². The first kappa shape index (κ1) is 17.0. The van der Waals surface area contributed by atoms with Crippen LogP contribution in [-0.2, 0) is 11.3 Å². The Morgan fingerprint density at radius 2 is 1.81 bits per heavy atom. The van der Waals surface area contributed by atoms with Crippen LogP contribution < -0.4 is 11.1 Å². The van der Waals surface area contributed by atoms with E-state index in [1.54, 1.807) is 0 Å². The summed E-state index contributed by atoms with van der Waals surface area (Å²) in [5, 5.41) is 20.4. The van der Waals surface area contributed by atoms with Crippen LogP contribution in [0.15, 0.2) is 12.1 Å². The summed E-state index contributed by atoms with van der Waals surface area (Å²) in [6.07, 6.45) is 0. The molecule has 0 aromatic heterocycles. The van der Waals surface area contributed by atoms with Gasteiger partial charge in [0.25, 0.3) is 5.91 Å². The Labute approximate surface area is 119 Å². The van der Waals surface area contributed by atoms with Gasteiger partial charge in [0.05, 0.1) is 24.2 Å². The molecule has 0 saturated carbocycles. The quantitative estimate of drug-likeness (QED) is 0.576. The molecule has 21 heavy (non-hydrogen) atoms. The summed E-state index contributed by atoms with van der Waals surface area (Å²) in [7, 11) is 0. The van der Waals surface area contributed by atoms with E-state index in [-0.39, 0.29) is 12.1 Å². The predicted octanol–water partition coefficient (Wildman–Crippen LogP) is -0.329. The number of hydrogen-bond donors (Lipinski definition) is 4. The standard InChI is InChI=1S/C13H16F2N2O4/c1-13(5-18,6-19)12(21)17-4-7-2-3-8(11(16)20)10(15)9(7)14/h2-3,18-19H,4-6H2,1H3,(H2,16,20)(H,17,21). The monoisotopic (exact) mass is 302 g/mol. The Bertz CT molecular complexity index is 559. The highest BCUT2D eigenvalue weighted by atomic mass is 19.2. The number of nitrogens with two attached hydrogens (primary N) is 1. The maximum Gasteiger partial charge on any atom is 0.251 e. The summed E-state index contributed by atoms with van der Waals surface area (Å²) < 4.78 is 27.2. The molecule has 0 aliphatic heterocycles. The summed E-state index contributed by atoms with van der Waals surface area (Å²) in [6, 6.07) is 2.13. The molecule has 1 aromatic carbocycles. The Morgan fingerprint density at radius 3 is 2.29 bits per heavy atom. The highest BCUT2D eigenvalue weighted by molar-refractivity contribution is 5.93. The summed E-state index contributed by atoms with van der Waals surface area (Å²) in [5.41, 5.74) is 2.67. The first-order chi connectivity index (χ1) is 9.76. The minimum Gasteiger partial charge on any atom is -0.395 e. The van der Waals surface area contributed by atoms with Crippen molar-refractivity contribution in [3.05, 3.63) is 34.9 Å². The molecule has 0 unspecified atom stereocenters. The van der Waals surface area contributed by atoms with Gasteiger partial charge in [0.1, 0.15) is 0 Å². The molecule has 1 aromatic rings. The molecule has 0 heterocycles. The second-order valence-corrected chi connectivity index (χ2v) is 4.82. The smallest absolute Gasteiger partial charge is 0.251 e. The van der Waals surface area contributed by atoms with Gasteiger partial charge in [-0.25, -0.2) is 8.78 Å². The zero-order chi connectivity index (χ0) is 16.2. The van der Waals surface area contributed by atoms with Gasteiger partial charge in [0.15, 0.2) is 11.6 Å². The highest BCUT2D eigenvalue weighted by Gasteiger charge is 2.31. The van der Waals surface area contributed by atoms with E-state index in [0.29, 0.717) is 0 Å². The van der Waals surface area contributed by atoms with Gasteiger partial charge in [-0.1, -0.05) is 6.07 Å². The van der Waals surface area contributed by atoms with E-state index in [1.165, 1.54) is 6.92 Å². The Kier molecular flexibility index (Phi) is 5.34. The van der Waals surface area contributed by atoms with Gasteiger partial charge in [0, 0.05) is 12.1 Å². The molecule has 0 aliphatic carbocycles. The lowest BCUT2D eigenvalue weighted by Gasteiger charge is -2.23. The van der Waals surface area contributed by atoms with Gasteiger partial charge in [-0.2, -0.15) is 0 Å². The average molecular weight is 302 g/mol. The van der Waals surface area contributed by atoms with Crippen molar-refractivity contribution in [1.82, 2.24) is 5.32 Å². The van der Waals surface area contributed by atoms with Gasteiger partial charge in [-0.3, -0.25) is 9.59 Å². The van der Waals surface area contributed by atoms with Crippen molar-refractivity contribution in [3.8, 4) is 0 Å². The molecule has 0 saturated heterocycles. The number of rotatable bonds is 6. The molecule has 0 atom stereocenters. The van der Waals surface area contributed by atoms with E-state index in [0.717, 1.165) is 12.1 Å². The van der Waals surface area contributed by atoms with Crippen LogP contribution in [0.1, 0.15) is 22.8 Å². The number of nitrogens with one attached hydrogen (secondary N) is 1. The zero-order valence-corrected chi connectivity index (χ0v) is 11.3. The molecule has 0 radical (unpaired) electrons.